The molecular weight excluding hydrogens is 383 g/mol. The summed E-state index contributed by atoms with van der Waals surface area (Å²) >= 11 is 5.99. The third kappa shape index (κ3) is 3.86. The Balaban J connectivity index is 0.00000210. The van der Waals surface area contributed by atoms with Crippen molar-refractivity contribution in [3.8, 4) is 5.69 Å². The van der Waals surface area contributed by atoms with Crippen LogP contribution in [0.1, 0.15) is 36.2 Å². The maximum absolute atomic E-state index is 13.1. The lowest BCUT2D eigenvalue weighted by atomic mass is 10.1. The van der Waals surface area contributed by atoms with Crippen LogP contribution in [0.25, 0.3) is 5.69 Å². The second-order valence-corrected chi connectivity index (χ2v) is 7.83. The van der Waals surface area contributed by atoms with Crippen LogP contribution in [0, 0.1) is 13.8 Å². The monoisotopic (exact) mass is 408 g/mol. The number of fused-ring (bicyclic) bond motifs is 2. The Kier molecular flexibility index (Phi) is 6.14. The molecule has 2 unspecified atom stereocenters. The van der Waals surface area contributed by atoms with E-state index in [9.17, 15) is 4.79 Å². The van der Waals surface area contributed by atoms with Gasteiger partial charge in [0.25, 0.3) is 0 Å². The Morgan fingerprint density at radius 3 is 2.63 bits per heavy atom. The zero-order chi connectivity index (χ0) is 18.3. The number of halogens is 2. The van der Waals surface area contributed by atoms with Gasteiger partial charge in [-0.2, -0.15) is 5.10 Å². The van der Waals surface area contributed by atoms with E-state index in [1.165, 1.54) is 0 Å². The smallest absolute Gasteiger partial charge is 0.227 e. The highest BCUT2D eigenvalue weighted by atomic mass is 35.5. The van der Waals surface area contributed by atoms with Crippen molar-refractivity contribution in [3.63, 3.8) is 0 Å². The molecule has 4 rings (SSSR count). The standard InChI is InChI=1S/C20H25ClN4O.ClH/c1-13-19(14(2)25(23-13)17-5-3-15(21)4-6-17)11-20(26)24-16-7-8-18(24)12-22-10-9-16;/h3-6,16,18,22H,7-12H2,1-2H3;1H. The topological polar surface area (TPSA) is 50.2 Å². The van der Waals surface area contributed by atoms with Gasteiger partial charge >= 0.3 is 0 Å². The van der Waals surface area contributed by atoms with Gasteiger partial charge in [-0.15, -0.1) is 12.4 Å². The van der Waals surface area contributed by atoms with Crippen molar-refractivity contribution in [3.05, 3.63) is 46.2 Å². The first kappa shape index (κ1) is 20.2. The van der Waals surface area contributed by atoms with Gasteiger partial charge < -0.3 is 10.2 Å². The van der Waals surface area contributed by atoms with Crippen molar-refractivity contribution in [1.29, 1.82) is 0 Å². The van der Waals surface area contributed by atoms with Crippen LogP contribution in [0.15, 0.2) is 24.3 Å². The summed E-state index contributed by atoms with van der Waals surface area (Å²) in [5, 5.41) is 8.83. The lowest BCUT2D eigenvalue weighted by molar-refractivity contribution is -0.133. The Morgan fingerprint density at radius 1 is 1.19 bits per heavy atom. The second kappa shape index (κ2) is 8.21. The van der Waals surface area contributed by atoms with E-state index < -0.39 is 0 Å². The molecule has 2 bridgehead atoms. The quantitative estimate of drug-likeness (QED) is 0.845. The third-order valence-electron chi connectivity index (χ3n) is 5.78. The maximum Gasteiger partial charge on any atom is 0.227 e. The molecule has 5 nitrogen and oxygen atoms in total. The van der Waals surface area contributed by atoms with Crippen LogP contribution in [0.3, 0.4) is 0 Å². The number of hydrogen-bond acceptors (Lipinski definition) is 3. The summed E-state index contributed by atoms with van der Waals surface area (Å²) in [6.45, 7) is 5.96. The van der Waals surface area contributed by atoms with Gasteiger partial charge in [-0.3, -0.25) is 4.79 Å². The van der Waals surface area contributed by atoms with Gasteiger partial charge in [-0.05, 0) is 63.9 Å². The first-order chi connectivity index (χ1) is 12.5. The van der Waals surface area contributed by atoms with Gasteiger partial charge in [0.15, 0.2) is 0 Å². The van der Waals surface area contributed by atoms with Gasteiger partial charge in [-0.1, -0.05) is 11.6 Å². The SMILES string of the molecule is Cc1nn(-c2ccc(Cl)cc2)c(C)c1CC(=O)N1C2CCNCC1CC2.Cl. The lowest BCUT2D eigenvalue weighted by Crippen LogP contribution is -2.43. The number of carbonyl (C=O) groups is 1. The van der Waals surface area contributed by atoms with Crippen LogP contribution in [0.2, 0.25) is 5.02 Å². The molecule has 2 aliphatic rings. The highest BCUT2D eigenvalue weighted by Gasteiger charge is 2.38. The van der Waals surface area contributed by atoms with Crippen molar-refractivity contribution in [2.45, 2.75) is 51.6 Å². The summed E-state index contributed by atoms with van der Waals surface area (Å²) in [4.78, 5) is 15.3. The molecule has 2 aromatic rings. The summed E-state index contributed by atoms with van der Waals surface area (Å²) < 4.78 is 1.91. The zero-order valence-electron chi connectivity index (χ0n) is 15.7. The highest BCUT2D eigenvalue weighted by Crippen LogP contribution is 2.29. The second-order valence-electron chi connectivity index (χ2n) is 7.39. The Hall–Kier alpha value is -1.56. The molecule has 0 saturated carbocycles. The molecular formula is C20H26Cl2N4O. The molecule has 2 atom stereocenters. The van der Waals surface area contributed by atoms with E-state index in [0.717, 1.165) is 55.0 Å². The number of nitrogens with zero attached hydrogens (tertiary/aromatic N) is 3. The Morgan fingerprint density at radius 2 is 1.89 bits per heavy atom. The predicted octanol–water partition coefficient (Wildman–Crippen LogP) is 3.46. The molecule has 1 aromatic heterocycles. The predicted molar refractivity (Wildman–Crippen MR) is 110 cm³/mol. The average molecular weight is 409 g/mol. The van der Waals surface area contributed by atoms with Crippen molar-refractivity contribution in [2.75, 3.05) is 13.1 Å². The summed E-state index contributed by atoms with van der Waals surface area (Å²) in [7, 11) is 0. The summed E-state index contributed by atoms with van der Waals surface area (Å²) in [6.07, 6.45) is 3.74. The molecule has 1 aromatic carbocycles. The number of amides is 1. The number of nitrogens with one attached hydrogen (secondary N) is 1. The highest BCUT2D eigenvalue weighted by molar-refractivity contribution is 6.30. The summed E-state index contributed by atoms with van der Waals surface area (Å²) in [5.74, 6) is 0.239. The largest absolute Gasteiger partial charge is 0.335 e. The molecule has 1 N–H and O–H groups in total. The molecule has 146 valence electrons. The van der Waals surface area contributed by atoms with Gasteiger partial charge in [-0.25, -0.2) is 4.68 Å². The minimum atomic E-state index is 0. The molecule has 2 aliphatic heterocycles. The molecule has 7 heteroatoms. The van der Waals surface area contributed by atoms with Gasteiger partial charge in [0.1, 0.15) is 0 Å². The third-order valence-corrected chi connectivity index (χ3v) is 6.03. The number of hydrogen-bond donors (Lipinski definition) is 1. The minimum absolute atomic E-state index is 0. The number of carbonyl (C=O) groups excluding carboxylic acids is 1. The van der Waals surface area contributed by atoms with Crippen LogP contribution in [-0.4, -0.2) is 45.8 Å². The zero-order valence-corrected chi connectivity index (χ0v) is 17.3. The molecule has 0 spiro atoms. The number of aryl methyl sites for hydroxylation is 1. The fourth-order valence-electron chi connectivity index (χ4n) is 4.40. The molecule has 2 saturated heterocycles. The Labute approximate surface area is 171 Å². The fourth-order valence-corrected chi connectivity index (χ4v) is 4.52. The minimum Gasteiger partial charge on any atom is -0.335 e. The van der Waals surface area contributed by atoms with Gasteiger partial charge in [0.2, 0.25) is 5.91 Å². The van der Waals surface area contributed by atoms with Crippen LogP contribution in [-0.2, 0) is 11.2 Å². The number of aromatic nitrogens is 2. The fraction of sp³-hybridized carbons (Fsp3) is 0.500. The first-order valence-corrected chi connectivity index (χ1v) is 9.75. The van der Waals surface area contributed by atoms with Crippen molar-refractivity contribution in [1.82, 2.24) is 20.0 Å². The van der Waals surface area contributed by atoms with E-state index in [-0.39, 0.29) is 18.3 Å². The van der Waals surface area contributed by atoms with E-state index in [1.807, 2.05) is 42.8 Å². The first-order valence-electron chi connectivity index (χ1n) is 9.37. The van der Waals surface area contributed by atoms with E-state index in [0.29, 0.717) is 23.5 Å². The van der Waals surface area contributed by atoms with Crippen LogP contribution in [0.5, 0.6) is 0 Å². The normalized spacial score (nSPS) is 21.7. The number of benzene rings is 1. The lowest BCUT2D eigenvalue weighted by Gasteiger charge is -2.28. The summed E-state index contributed by atoms with van der Waals surface area (Å²) in [5.41, 5.74) is 3.96. The van der Waals surface area contributed by atoms with Crippen LogP contribution in [0.4, 0.5) is 0 Å². The maximum atomic E-state index is 13.1. The van der Waals surface area contributed by atoms with Gasteiger partial charge in [0.05, 0.1) is 17.8 Å². The molecule has 27 heavy (non-hydrogen) atoms. The number of rotatable bonds is 3. The molecule has 3 heterocycles. The van der Waals surface area contributed by atoms with E-state index in [2.05, 4.69) is 15.3 Å². The van der Waals surface area contributed by atoms with Gasteiger partial charge in [0, 0.05) is 34.9 Å². The van der Waals surface area contributed by atoms with Crippen molar-refractivity contribution >= 4 is 29.9 Å². The van der Waals surface area contributed by atoms with E-state index in [4.69, 9.17) is 11.6 Å². The Bertz CT molecular complexity index is 804. The van der Waals surface area contributed by atoms with Crippen LogP contribution >= 0.6 is 24.0 Å². The summed E-state index contributed by atoms with van der Waals surface area (Å²) in [6, 6.07) is 8.37. The molecule has 1 amide bonds. The molecule has 2 fully saturated rings. The van der Waals surface area contributed by atoms with Crippen molar-refractivity contribution in [2.24, 2.45) is 0 Å². The van der Waals surface area contributed by atoms with Crippen molar-refractivity contribution < 1.29 is 4.79 Å². The molecule has 0 radical (unpaired) electrons. The molecule has 0 aliphatic carbocycles. The van der Waals surface area contributed by atoms with E-state index in [1.54, 1.807) is 0 Å². The average Bonchev–Trinajstić information content (AvgIpc) is 3.04. The van der Waals surface area contributed by atoms with E-state index >= 15 is 0 Å². The van der Waals surface area contributed by atoms with Crippen LogP contribution < -0.4 is 5.32 Å².